The van der Waals surface area contributed by atoms with E-state index in [2.05, 4.69) is 45.1 Å². The van der Waals surface area contributed by atoms with Crippen molar-refractivity contribution in [2.75, 3.05) is 13.2 Å². The van der Waals surface area contributed by atoms with Gasteiger partial charge in [-0.25, -0.2) is 0 Å². The number of hydrogen-bond donors (Lipinski definition) is 0. The molecule has 0 aliphatic rings. The summed E-state index contributed by atoms with van der Waals surface area (Å²) in [5, 5.41) is 0. The lowest BCUT2D eigenvalue weighted by atomic mass is 10.0. The lowest BCUT2D eigenvalue weighted by Crippen LogP contribution is -2.30. The maximum Gasteiger partial charge on any atom is 0.306 e. The SMILES string of the molecule is CCCCC/C=C\C/C=C\CCCCCCCCCC(=O)OC(COC(=O)CCCCCCCCCCC)COC(=O)CCCCCCCCCCCCCCCCCCCCCCCCCCCCCCCCCCCC. The Morgan fingerprint density at radius 2 is 0.462 bits per heavy atom. The first kappa shape index (κ1) is 75.9. The lowest BCUT2D eigenvalue weighted by Gasteiger charge is -2.18. The summed E-state index contributed by atoms with van der Waals surface area (Å²) in [4.78, 5) is 38.2. The highest BCUT2D eigenvalue weighted by Crippen LogP contribution is 2.19. The quantitative estimate of drug-likeness (QED) is 0.0261. The van der Waals surface area contributed by atoms with E-state index in [0.29, 0.717) is 19.3 Å². The first-order valence-corrected chi connectivity index (χ1v) is 35.3. The Morgan fingerprint density at radius 3 is 0.731 bits per heavy atom. The van der Waals surface area contributed by atoms with Crippen LogP contribution in [0.15, 0.2) is 24.3 Å². The van der Waals surface area contributed by atoms with Gasteiger partial charge >= 0.3 is 17.9 Å². The van der Waals surface area contributed by atoms with Gasteiger partial charge in [-0.2, -0.15) is 0 Å². The molecule has 1 unspecified atom stereocenters. The highest BCUT2D eigenvalue weighted by Gasteiger charge is 2.19. The van der Waals surface area contributed by atoms with Gasteiger partial charge in [0.15, 0.2) is 6.10 Å². The van der Waals surface area contributed by atoms with Crippen LogP contribution < -0.4 is 0 Å². The fraction of sp³-hybridized carbons (Fsp3) is 0.903. The number of esters is 3. The van der Waals surface area contributed by atoms with Crippen molar-refractivity contribution in [3.63, 3.8) is 0 Å². The van der Waals surface area contributed by atoms with E-state index in [4.69, 9.17) is 14.2 Å². The molecule has 0 radical (unpaired) electrons. The normalized spacial score (nSPS) is 12.1. The number of carbonyl (C=O) groups is 3. The highest BCUT2D eigenvalue weighted by atomic mass is 16.6. The molecule has 0 aromatic carbocycles. The molecule has 0 heterocycles. The lowest BCUT2D eigenvalue weighted by molar-refractivity contribution is -0.167. The average Bonchev–Trinajstić information content (AvgIpc) is 3.44. The Bertz CT molecular complexity index is 1260. The number of unbranched alkanes of at least 4 members (excludes halogenated alkanes) is 51. The summed E-state index contributed by atoms with van der Waals surface area (Å²) in [6.07, 6.45) is 82.4. The van der Waals surface area contributed by atoms with Crippen LogP contribution in [-0.4, -0.2) is 37.2 Å². The number of allylic oxidation sites excluding steroid dienone is 4. The monoisotopic (exact) mass is 1100 g/mol. The van der Waals surface area contributed by atoms with E-state index in [1.54, 1.807) is 0 Å². The standard InChI is InChI=1S/C72H136O6/c1-4-7-10-13-16-19-21-23-25-27-28-29-30-31-32-33-34-35-36-37-38-39-40-41-42-43-45-46-48-50-53-56-59-62-65-71(74)77-68-69(67-76-70(73)64-61-58-55-52-18-15-12-9-6-3)78-72(75)66-63-60-57-54-51-49-47-44-26-24-22-20-17-14-11-8-5-2/h17,20,24,26,69H,4-16,18-19,21-23,25,27-68H2,1-3H3/b20-17-,26-24-. The van der Waals surface area contributed by atoms with Crippen molar-refractivity contribution < 1.29 is 28.6 Å². The van der Waals surface area contributed by atoms with Crippen LogP contribution in [0.2, 0.25) is 0 Å². The van der Waals surface area contributed by atoms with Crippen molar-refractivity contribution in [2.24, 2.45) is 0 Å². The van der Waals surface area contributed by atoms with Crippen LogP contribution in [0, 0.1) is 0 Å². The molecular formula is C72H136O6. The van der Waals surface area contributed by atoms with Crippen molar-refractivity contribution in [1.29, 1.82) is 0 Å². The van der Waals surface area contributed by atoms with E-state index >= 15 is 0 Å². The van der Waals surface area contributed by atoms with Gasteiger partial charge in [0, 0.05) is 19.3 Å². The van der Waals surface area contributed by atoms with Gasteiger partial charge in [0.2, 0.25) is 0 Å². The van der Waals surface area contributed by atoms with E-state index in [9.17, 15) is 14.4 Å². The molecule has 0 rings (SSSR count). The molecule has 6 nitrogen and oxygen atoms in total. The van der Waals surface area contributed by atoms with E-state index < -0.39 is 6.10 Å². The van der Waals surface area contributed by atoms with Gasteiger partial charge in [0.05, 0.1) is 0 Å². The van der Waals surface area contributed by atoms with E-state index in [1.807, 2.05) is 0 Å². The summed E-state index contributed by atoms with van der Waals surface area (Å²) in [5.74, 6) is -0.854. The minimum Gasteiger partial charge on any atom is -0.462 e. The molecule has 0 aromatic rings. The van der Waals surface area contributed by atoms with Crippen molar-refractivity contribution >= 4 is 17.9 Å². The molecule has 1 atom stereocenters. The van der Waals surface area contributed by atoms with Gasteiger partial charge in [0.1, 0.15) is 13.2 Å². The zero-order valence-electron chi connectivity index (χ0n) is 53.0. The predicted octanol–water partition coefficient (Wildman–Crippen LogP) is 24.2. The maximum atomic E-state index is 12.9. The third kappa shape index (κ3) is 64.7. The summed E-state index contributed by atoms with van der Waals surface area (Å²) in [7, 11) is 0. The van der Waals surface area contributed by atoms with Gasteiger partial charge in [-0.1, -0.05) is 353 Å². The van der Waals surface area contributed by atoms with Crippen LogP contribution in [0.1, 0.15) is 400 Å². The van der Waals surface area contributed by atoms with Crippen LogP contribution in [0.25, 0.3) is 0 Å². The number of rotatable bonds is 66. The second-order valence-corrected chi connectivity index (χ2v) is 24.2. The summed E-state index contributed by atoms with van der Waals surface area (Å²) >= 11 is 0. The zero-order valence-corrected chi connectivity index (χ0v) is 53.0. The predicted molar refractivity (Wildman–Crippen MR) is 340 cm³/mol. The van der Waals surface area contributed by atoms with Gasteiger partial charge in [-0.3, -0.25) is 14.4 Å². The molecule has 0 aliphatic heterocycles. The topological polar surface area (TPSA) is 78.9 Å². The third-order valence-electron chi connectivity index (χ3n) is 16.2. The molecule has 460 valence electrons. The van der Waals surface area contributed by atoms with Crippen LogP contribution >= 0.6 is 0 Å². The zero-order chi connectivity index (χ0) is 56.4. The molecule has 0 spiro atoms. The number of hydrogen-bond acceptors (Lipinski definition) is 6. The molecule has 0 amide bonds. The molecular weight excluding hydrogens is 961 g/mol. The fourth-order valence-corrected chi connectivity index (χ4v) is 10.9. The molecule has 0 aliphatic carbocycles. The van der Waals surface area contributed by atoms with Crippen LogP contribution in [0.4, 0.5) is 0 Å². The minimum absolute atomic E-state index is 0.0690. The highest BCUT2D eigenvalue weighted by molar-refractivity contribution is 5.71. The fourth-order valence-electron chi connectivity index (χ4n) is 10.9. The molecule has 78 heavy (non-hydrogen) atoms. The van der Waals surface area contributed by atoms with E-state index in [1.165, 1.54) is 289 Å². The minimum atomic E-state index is -0.771. The number of carbonyl (C=O) groups excluding carboxylic acids is 3. The summed E-state index contributed by atoms with van der Waals surface area (Å²) in [6, 6.07) is 0. The van der Waals surface area contributed by atoms with E-state index in [-0.39, 0.29) is 31.1 Å². The van der Waals surface area contributed by atoms with Crippen molar-refractivity contribution in [1.82, 2.24) is 0 Å². The van der Waals surface area contributed by atoms with Crippen molar-refractivity contribution in [3.8, 4) is 0 Å². The van der Waals surface area contributed by atoms with Crippen LogP contribution in [0.5, 0.6) is 0 Å². The Kier molecular flexibility index (Phi) is 65.6. The van der Waals surface area contributed by atoms with Crippen LogP contribution in [0.3, 0.4) is 0 Å². The summed E-state index contributed by atoms with van der Waals surface area (Å²) in [5.41, 5.74) is 0. The van der Waals surface area contributed by atoms with Crippen molar-refractivity contribution in [2.45, 2.75) is 406 Å². The Balaban J connectivity index is 3.98. The third-order valence-corrected chi connectivity index (χ3v) is 16.2. The van der Waals surface area contributed by atoms with Gasteiger partial charge in [0.25, 0.3) is 0 Å². The summed E-state index contributed by atoms with van der Waals surface area (Å²) < 4.78 is 16.9. The molecule has 0 saturated carbocycles. The molecule has 6 heteroatoms. The molecule has 0 N–H and O–H groups in total. The second kappa shape index (κ2) is 67.4. The second-order valence-electron chi connectivity index (χ2n) is 24.2. The average molecular weight is 1100 g/mol. The molecule has 0 aromatic heterocycles. The van der Waals surface area contributed by atoms with Crippen molar-refractivity contribution in [3.05, 3.63) is 24.3 Å². The molecule has 0 bridgehead atoms. The largest absolute Gasteiger partial charge is 0.462 e. The van der Waals surface area contributed by atoms with E-state index in [0.717, 1.165) is 70.6 Å². The van der Waals surface area contributed by atoms with Gasteiger partial charge in [-0.05, 0) is 51.4 Å². The van der Waals surface area contributed by atoms with Gasteiger partial charge < -0.3 is 14.2 Å². The smallest absolute Gasteiger partial charge is 0.306 e. The summed E-state index contributed by atoms with van der Waals surface area (Å²) in [6.45, 7) is 6.66. The Hall–Kier alpha value is -2.11. The maximum absolute atomic E-state index is 12.9. The number of ether oxygens (including phenoxy) is 3. The first-order chi connectivity index (χ1) is 38.5. The molecule has 0 saturated heterocycles. The van der Waals surface area contributed by atoms with Crippen LogP contribution in [-0.2, 0) is 28.6 Å². The Morgan fingerprint density at radius 1 is 0.256 bits per heavy atom. The van der Waals surface area contributed by atoms with Gasteiger partial charge in [-0.15, -0.1) is 0 Å². The first-order valence-electron chi connectivity index (χ1n) is 35.3. The molecule has 0 fully saturated rings. The Labute approximate surface area is 487 Å².